The molecule has 0 amide bonds. The van der Waals surface area contributed by atoms with Gasteiger partial charge in [0.2, 0.25) is 6.29 Å². The van der Waals surface area contributed by atoms with Crippen molar-refractivity contribution in [3.63, 3.8) is 0 Å². The third-order valence-electron chi connectivity index (χ3n) is 5.01. The van der Waals surface area contributed by atoms with Crippen LogP contribution in [0.25, 0.3) is 0 Å². The van der Waals surface area contributed by atoms with Crippen LogP contribution in [0.5, 0.6) is 5.75 Å². The molecule has 1 aromatic carbocycles. The van der Waals surface area contributed by atoms with Gasteiger partial charge in [0.1, 0.15) is 28.4 Å². The fourth-order valence-corrected chi connectivity index (χ4v) is 3.64. The molecule has 6 atom stereocenters. The second-order valence-electron chi connectivity index (χ2n) is 7.84. The Hall–Kier alpha value is -1.62. The summed E-state index contributed by atoms with van der Waals surface area (Å²) in [6.07, 6.45) is -8.65. The lowest BCUT2D eigenvalue weighted by molar-refractivity contribution is -0.289. The summed E-state index contributed by atoms with van der Waals surface area (Å²) in [7, 11) is 0. The first-order valence-electron chi connectivity index (χ1n) is 9.14. The van der Waals surface area contributed by atoms with E-state index in [1.807, 2.05) is 0 Å². The molecule has 0 bridgehead atoms. The van der Waals surface area contributed by atoms with Crippen LogP contribution in [-0.4, -0.2) is 73.0 Å². The average Bonchev–Trinajstić information content (AvgIpc) is 3.30. The standard InChI is InChI=1S/C19H22Cl2O9/c1-18(2,30-9-5-3-8(4-6-9)10-7-19(10,20)21)17(27)29-16-13(24)11(22)12(23)14(28-16)15(25)26/h3-6,10-14,16,22-24H,7H2,1-2H3,(H,25,26). The molecule has 1 heterocycles. The van der Waals surface area contributed by atoms with E-state index in [-0.39, 0.29) is 5.92 Å². The fraction of sp³-hybridized carbons (Fsp3) is 0.579. The molecule has 9 nitrogen and oxygen atoms in total. The van der Waals surface area contributed by atoms with E-state index < -0.39 is 52.6 Å². The number of carboxylic acid groups (broad SMARTS) is 1. The Labute approximate surface area is 182 Å². The summed E-state index contributed by atoms with van der Waals surface area (Å²) in [5.74, 6) is -2.19. The number of benzene rings is 1. The van der Waals surface area contributed by atoms with Gasteiger partial charge in [-0.05, 0) is 38.0 Å². The lowest BCUT2D eigenvalue weighted by atomic mass is 9.99. The summed E-state index contributed by atoms with van der Waals surface area (Å²) in [5.41, 5.74) is -0.620. The highest BCUT2D eigenvalue weighted by molar-refractivity contribution is 6.51. The van der Waals surface area contributed by atoms with E-state index >= 15 is 0 Å². The molecule has 1 saturated carbocycles. The van der Waals surface area contributed by atoms with Gasteiger partial charge in [0.15, 0.2) is 11.7 Å². The van der Waals surface area contributed by atoms with Gasteiger partial charge in [-0.2, -0.15) is 0 Å². The predicted molar refractivity (Wildman–Crippen MR) is 103 cm³/mol. The van der Waals surface area contributed by atoms with Crippen LogP contribution in [0.1, 0.15) is 31.7 Å². The molecule has 0 radical (unpaired) electrons. The molecule has 0 aromatic heterocycles. The minimum absolute atomic E-state index is 0.0294. The summed E-state index contributed by atoms with van der Waals surface area (Å²) < 4.78 is 14.9. The number of esters is 1. The van der Waals surface area contributed by atoms with Crippen molar-refractivity contribution in [2.75, 3.05) is 0 Å². The lowest BCUT2D eigenvalue weighted by Gasteiger charge is -2.39. The third-order valence-corrected chi connectivity index (χ3v) is 5.84. The molecule has 1 saturated heterocycles. The maximum atomic E-state index is 12.6. The van der Waals surface area contributed by atoms with E-state index in [9.17, 15) is 24.9 Å². The number of carbonyl (C=O) groups excluding carboxylic acids is 1. The number of alkyl halides is 2. The number of hydrogen-bond donors (Lipinski definition) is 4. The molecule has 3 rings (SSSR count). The molecule has 30 heavy (non-hydrogen) atoms. The topological polar surface area (TPSA) is 143 Å². The minimum atomic E-state index is -1.89. The van der Waals surface area contributed by atoms with Crippen LogP contribution in [0.4, 0.5) is 0 Å². The van der Waals surface area contributed by atoms with Crippen LogP contribution < -0.4 is 4.74 Å². The van der Waals surface area contributed by atoms with E-state index in [1.165, 1.54) is 13.8 Å². The van der Waals surface area contributed by atoms with Crippen LogP contribution in [0.15, 0.2) is 24.3 Å². The Morgan fingerprint density at radius 3 is 2.17 bits per heavy atom. The number of rotatable bonds is 6. The molecular weight excluding hydrogens is 443 g/mol. The molecule has 2 aliphatic rings. The van der Waals surface area contributed by atoms with Crippen molar-refractivity contribution in [1.82, 2.24) is 0 Å². The van der Waals surface area contributed by atoms with Gasteiger partial charge in [0, 0.05) is 5.92 Å². The van der Waals surface area contributed by atoms with Crippen LogP contribution in [-0.2, 0) is 19.1 Å². The summed E-state index contributed by atoms with van der Waals surface area (Å²) in [5, 5.41) is 38.5. The number of aliphatic hydroxyl groups excluding tert-OH is 3. The van der Waals surface area contributed by atoms with Crippen LogP contribution in [0.3, 0.4) is 0 Å². The largest absolute Gasteiger partial charge is 0.479 e. The van der Waals surface area contributed by atoms with Crippen molar-refractivity contribution in [2.45, 2.75) is 66.8 Å². The van der Waals surface area contributed by atoms with E-state index in [4.69, 9.17) is 42.5 Å². The molecule has 1 aliphatic carbocycles. The molecule has 6 unspecified atom stereocenters. The summed E-state index contributed by atoms with van der Waals surface area (Å²) >= 11 is 12.1. The third kappa shape index (κ3) is 4.66. The minimum Gasteiger partial charge on any atom is -0.479 e. The number of hydrogen-bond acceptors (Lipinski definition) is 8. The van der Waals surface area contributed by atoms with Gasteiger partial charge >= 0.3 is 11.9 Å². The predicted octanol–water partition coefficient (Wildman–Crippen LogP) is 0.941. The number of aliphatic carboxylic acids is 1. The zero-order valence-electron chi connectivity index (χ0n) is 16.1. The summed E-state index contributed by atoms with van der Waals surface area (Å²) in [4.78, 5) is 23.7. The van der Waals surface area contributed by atoms with Crippen LogP contribution in [0.2, 0.25) is 0 Å². The number of aliphatic hydroxyl groups is 3. The van der Waals surface area contributed by atoms with E-state index in [1.54, 1.807) is 24.3 Å². The normalized spacial score (nSPS) is 32.9. The maximum Gasteiger partial charge on any atom is 0.352 e. The van der Waals surface area contributed by atoms with Crippen molar-refractivity contribution in [1.29, 1.82) is 0 Å². The first-order valence-corrected chi connectivity index (χ1v) is 9.89. The Kier molecular flexibility index (Phi) is 6.26. The van der Waals surface area contributed by atoms with E-state index in [2.05, 4.69) is 0 Å². The van der Waals surface area contributed by atoms with Gasteiger partial charge in [0.05, 0.1) is 0 Å². The highest BCUT2D eigenvalue weighted by atomic mass is 35.5. The van der Waals surface area contributed by atoms with Crippen molar-refractivity contribution in [2.24, 2.45) is 0 Å². The molecule has 1 aliphatic heterocycles. The molecule has 1 aromatic rings. The second-order valence-corrected chi connectivity index (χ2v) is 9.38. The Morgan fingerprint density at radius 1 is 1.10 bits per heavy atom. The zero-order chi connectivity index (χ0) is 22.4. The van der Waals surface area contributed by atoms with Crippen LogP contribution >= 0.6 is 23.2 Å². The molecule has 166 valence electrons. The van der Waals surface area contributed by atoms with E-state index in [0.29, 0.717) is 12.2 Å². The van der Waals surface area contributed by atoms with Crippen molar-refractivity contribution in [3.8, 4) is 5.75 Å². The monoisotopic (exact) mass is 464 g/mol. The highest BCUT2D eigenvalue weighted by Gasteiger charge is 2.52. The van der Waals surface area contributed by atoms with Gasteiger partial charge < -0.3 is 34.6 Å². The molecule has 0 spiro atoms. The van der Waals surface area contributed by atoms with Crippen molar-refractivity contribution < 1.29 is 44.2 Å². The summed E-state index contributed by atoms with van der Waals surface area (Å²) in [6, 6.07) is 6.83. The molecular formula is C19H22Cl2O9. The second kappa shape index (κ2) is 8.14. The van der Waals surface area contributed by atoms with Gasteiger partial charge in [-0.25, -0.2) is 9.59 Å². The maximum absolute atomic E-state index is 12.6. The van der Waals surface area contributed by atoms with E-state index in [0.717, 1.165) is 5.56 Å². The highest BCUT2D eigenvalue weighted by Crippen LogP contribution is 2.59. The lowest BCUT2D eigenvalue weighted by Crippen LogP contribution is -2.61. The molecule has 4 N–H and O–H groups in total. The van der Waals surface area contributed by atoms with Gasteiger partial charge in [-0.3, -0.25) is 0 Å². The number of ether oxygens (including phenoxy) is 3. The SMILES string of the molecule is CC(C)(Oc1ccc(C2CC2(Cl)Cl)cc1)C(=O)OC1OC(C(=O)O)C(O)C(O)C1O. The summed E-state index contributed by atoms with van der Waals surface area (Å²) in [6.45, 7) is 2.81. The first-order chi connectivity index (χ1) is 13.8. The van der Waals surface area contributed by atoms with Gasteiger partial charge in [0.25, 0.3) is 0 Å². The Bertz CT molecular complexity index is 811. The fourth-order valence-electron chi connectivity index (χ4n) is 3.08. The number of carbonyl (C=O) groups is 2. The van der Waals surface area contributed by atoms with Gasteiger partial charge in [-0.1, -0.05) is 12.1 Å². The average molecular weight is 465 g/mol. The Balaban J connectivity index is 1.64. The van der Waals surface area contributed by atoms with Crippen molar-refractivity contribution in [3.05, 3.63) is 29.8 Å². The number of carboxylic acids is 1. The first kappa shape index (κ1) is 23.1. The Morgan fingerprint density at radius 2 is 1.67 bits per heavy atom. The molecule has 2 fully saturated rings. The smallest absolute Gasteiger partial charge is 0.352 e. The van der Waals surface area contributed by atoms with Crippen LogP contribution in [0, 0.1) is 0 Å². The zero-order valence-corrected chi connectivity index (χ0v) is 17.6. The van der Waals surface area contributed by atoms with Gasteiger partial charge in [-0.15, -0.1) is 23.2 Å². The van der Waals surface area contributed by atoms with Crippen molar-refractivity contribution >= 4 is 35.1 Å². The number of halogens is 2. The quantitative estimate of drug-likeness (QED) is 0.357. The molecule has 11 heteroatoms.